The Balaban J connectivity index is 2.52. The minimum Gasteiger partial charge on any atom is -0.320 e. The van der Waals surface area contributed by atoms with E-state index in [0.29, 0.717) is 0 Å². The number of rotatable bonds is 2. The third-order valence-electron chi connectivity index (χ3n) is 3.38. The highest BCUT2D eigenvalue weighted by Crippen LogP contribution is 2.27. The Morgan fingerprint density at radius 2 is 1.53 bits per heavy atom. The van der Waals surface area contributed by atoms with Crippen molar-refractivity contribution >= 4 is 0 Å². The third-order valence-corrected chi connectivity index (χ3v) is 3.38. The molecule has 0 fully saturated rings. The normalized spacial score (nSPS) is 12.5. The van der Waals surface area contributed by atoms with Gasteiger partial charge in [-0.05, 0) is 49.6 Å². The molecule has 1 unspecified atom stereocenters. The van der Waals surface area contributed by atoms with Crippen LogP contribution in [0.5, 0.6) is 0 Å². The van der Waals surface area contributed by atoms with Crippen molar-refractivity contribution in [3.8, 4) is 0 Å². The fourth-order valence-electron chi connectivity index (χ4n) is 2.16. The van der Waals surface area contributed by atoms with Crippen LogP contribution in [0.2, 0.25) is 0 Å². The highest BCUT2D eigenvalue weighted by atomic mass is 19.1. The van der Waals surface area contributed by atoms with E-state index in [1.54, 1.807) is 0 Å². The summed E-state index contributed by atoms with van der Waals surface area (Å²) in [4.78, 5) is 0. The molecule has 0 amide bonds. The molecule has 2 aromatic carbocycles. The average Bonchev–Trinajstić information content (AvgIpc) is 2.36. The van der Waals surface area contributed by atoms with Gasteiger partial charge in [-0.2, -0.15) is 0 Å². The van der Waals surface area contributed by atoms with Crippen LogP contribution < -0.4 is 5.73 Å². The molecule has 0 saturated carbocycles. The largest absolute Gasteiger partial charge is 0.320 e. The number of hydrogen-bond acceptors (Lipinski definition) is 1. The molecule has 100 valence electrons. The third kappa shape index (κ3) is 2.66. The quantitative estimate of drug-likeness (QED) is 0.870. The maximum atomic E-state index is 14.0. The van der Waals surface area contributed by atoms with Gasteiger partial charge in [-0.1, -0.05) is 23.8 Å². The summed E-state index contributed by atoms with van der Waals surface area (Å²) in [6, 6.07) is 7.55. The molecule has 3 heteroatoms. The first-order chi connectivity index (χ1) is 8.90. The van der Waals surface area contributed by atoms with E-state index in [1.165, 1.54) is 19.1 Å². The van der Waals surface area contributed by atoms with E-state index in [-0.39, 0.29) is 11.1 Å². The van der Waals surface area contributed by atoms with Gasteiger partial charge in [0.05, 0.1) is 6.04 Å². The fourth-order valence-corrected chi connectivity index (χ4v) is 2.16. The van der Waals surface area contributed by atoms with Crippen molar-refractivity contribution in [3.63, 3.8) is 0 Å². The van der Waals surface area contributed by atoms with E-state index in [0.717, 1.165) is 16.7 Å². The first-order valence-electron chi connectivity index (χ1n) is 6.18. The van der Waals surface area contributed by atoms with Crippen LogP contribution in [0, 0.1) is 32.4 Å². The highest BCUT2D eigenvalue weighted by molar-refractivity contribution is 5.40. The van der Waals surface area contributed by atoms with Gasteiger partial charge < -0.3 is 5.73 Å². The first kappa shape index (κ1) is 13.7. The summed E-state index contributed by atoms with van der Waals surface area (Å²) in [5, 5.41) is 0. The lowest BCUT2D eigenvalue weighted by Gasteiger charge is -2.17. The van der Waals surface area contributed by atoms with E-state index in [2.05, 4.69) is 0 Å². The Kier molecular flexibility index (Phi) is 3.67. The second-order valence-electron chi connectivity index (χ2n) is 4.96. The van der Waals surface area contributed by atoms with Gasteiger partial charge in [0.1, 0.15) is 11.6 Å². The van der Waals surface area contributed by atoms with Gasteiger partial charge >= 0.3 is 0 Å². The zero-order valence-corrected chi connectivity index (χ0v) is 11.3. The van der Waals surface area contributed by atoms with Crippen LogP contribution in [0.25, 0.3) is 0 Å². The minimum atomic E-state index is -0.657. The molecule has 1 nitrogen and oxygen atoms in total. The molecule has 0 aromatic heterocycles. The Labute approximate surface area is 112 Å². The summed E-state index contributed by atoms with van der Waals surface area (Å²) < 4.78 is 27.5. The minimum absolute atomic E-state index is 0.191. The van der Waals surface area contributed by atoms with E-state index in [9.17, 15) is 8.78 Å². The molecule has 2 rings (SSSR count). The monoisotopic (exact) mass is 261 g/mol. The number of halogens is 2. The molecule has 0 spiro atoms. The molecule has 1 atom stereocenters. The maximum Gasteiger partial charge on any atom is 0.128 e. The average molecular weight is 261 g/mol. The predicted octanol–water partition coefficient (Wildman–Crippen LogP) is 3.94. The van der Waals surface area contributed by atoms with Crippen molar-refractivity contribution < 1.29 is 8.78 Å². The zero-order valence-electron chi connectivity index (χ0n) is 11.3. The molecule has 0 saturated heterocycles. The lowest BCUT2D eigenvalue weighted by Crippen LogP contribution is -2.16. The van der Waals surface area contributed by atoms with Crippen LogP contribution in [0.4, 0.5) is 8.78 Å². The van der Waals surface area contributed by atoms with Crippen LogP contribution in [-0.2, 0) is 0 Å². The summed E-state index contributed by atoms with van der Waals surface area (Å²) in [5.41, 5.74) is 9.41. The summed E-state index contributed by atoms with van der Waals surface area (Å²) in [6.45, 7) is 5.39. The lowest BCUT2D eigenvalue weighted by molar-refractivity contribution is 0.570. The molecule has 2 aromatic rings. The molecule has 0 aliphatic heterocycles. The first-order valence-corrected chi connectivity index (χ1v) is 6.18. The van der Waals surface area contributed by atoms with Crippen LogP contribution in [0.3, 0.4) is 0 Å². The molecule has 19 heavy (non-hydrogen) atoms. The molecule has 2 N–H and O–H groups in total. The number of benzene rings is 2. The van der Waals surface area contributed by atoms with Crippen molar-refractivity contribution in [3.05, 3.63) is 69.8 Å². The molecule has 0 heterocycles. The molecule has 0 bridgehead atoms. The van der Waals surface area contributed by atoms with E-state index < -0.39 is 17.7 Å². The molecule has 0 radical (unpaired) electrons. The second kappa shape index (κ2) is 5.10. The Bertz CT molecular complexity index is 620. The number of nitrogens with two attached hydrogens (primary N) is 1. The Morgan fingerprint density at radius 1 is 0.842 bits per heavy atom. The van der Waals surface area contributed by atoms with Crippen molar-refractivity contribution in [1.29, 1.82) is 0 Å². The van der Waals surface area contributed by atoms with Gasteiger partial charge in [0.15, 0.2) is 0 Å². The van der Waals surface area contributed by atoms with Gasteiger partial charge in [-0.3, -0.25) is 0 Å². The summed E-state index contributed by atoms with van der Waals surface area (Å²) in [6.07, 6.45) is 0. The van der Waals surface area contributed by atoms with E-state index >= 15 is 0 Å². The Hall–Kier alpha value is -1.74. The van der Waals surface area contributed by atoms with Crippen LogP contribution in [-0.4, -0.2) is 0 Å². The van der Waals surface area contributed by atoms with Crippen molar-refractivity contribution in [2.24, 2.45) is 5.73 Å². The maximum absolute atomic E-state index is 14.0. The van der Waals surface area contributed by atoms with Crippen LogP contribution in [0.15, 0.2) is 30.3 Å². The van der Waals surface area contributed by atoms with E-state index in [1.807, 2.05) is 32.0 Å². The van der Waals surface area contributed by atoms with Gasteiger partial charge in [0, 0.05) is 5.56 Å². The number of hydrogen-bond donors (Lipinski definition) is 1. The second-order valence-corrected chi connectivity index (χ2v) is 4.96. The molecule has 0 aliphatic rings. The number of aryl methyl sites for hydroxylation is 3. The predicted molar refractivity (Wildman–Crippen MR) is 73.0 cm³/mol. The van der Waals surface area contributed by atoms with Gasteiger partial charge in [0.2, 0.25) is 0 Å². The smallest absolute Gasteiger partial charge is 0.128 e. The van der Waals surface area contributed by atoms with Gasteiger partial charge in [-0.15, -0.1) is 0 Å². The standard InChI is InChI=1S/C16H17F2N/c1-9-4-5-10(2)12(6-9)16(19)13-8-14(17)11(3)7-15(13)18/h4-8,16H,19H2,1-3H3. The Morgan fingerprint density at radius 3 is 2.21 bits per heavy atom. The fraction of sp³-hybridized carbons (Fsp3) is 0.250. The zero-order chi connectivity index (χ0) is 14.2. The molecular formula is C16H17F2N. The van der Waals surface area contributed by atoms with Crippen molar-refractivity contribution in [2.75, 3.05) is 0 Å². The molecular weight excluding hydrogens is 244 g/mol. The van der Waals surface area contributed by atoms with E-state index in [4.69, 9.17) is 5.73 Å². The summed E-state index contributed by atoms with van der Waals surface area (Å²) >= 11 is 0. The van der Waals surface area contributed by atoms with Crippen molar-refractivity contribution in [1.82, 2.24) is 0 Å². The van der Waals surface area contributed by atoms with Crippen molar-refractivity contribution in [2.45, 2.75) is 26.8 Å². The highest BCUT2D eigenvalue weighted by Gasteiger charge is 2.17. The molecule has 0 aliphatic carbocycles. The summed E-state index contributed by atoms with van der Waals surface area (Å²) in [7, 11) is 0. The lowest BCUT2D eigenvalue weighted by atomic mass is 9.93. The van der Waals surface area contributed by atoms with Gasteiger partial charge in [0.25, 0.3) is 0 Å². The van der Waals surface area contributed by atoms with Crippen LogP contribution in [0.1, 0.15) is 33.9 Å². The SMILES string of the molecule is Cc1ccc(C)c(C(N)c2cc(F)c(C)cc2F)c1. The van der Waals surface area contributed by atoms with Crippen LogP contribution >= 0.6 is 0 Å². The summed E-state index contributed by atoms with van der Waals surface area (Å²) in [5.74, 6) is -0.899. The van der Waals surface area contributed by atoms with Gasteiger partial charge in [-0.25, -0.2) is 8.78 Å². The topological polar surface area (TPSA) is 26.0 Å².